The fourth-order valence-electron chi connectivity index (χ4n) is 4.15. The number of amides is 1. The molecule has 1 aliphatic rings. The van der Waals surface area contributed by atoms with Crippen molar-refractivity contribution in [1.29, 1.82) is 0 Å². The molecular formula is C20H19ClN8O. The summed E-state index contributed by atoms with van der Waals surface area (Å²) in [6.45, 7) is 6.19. The van der Waals surface area contributed by atoms with Gasteiger partial charge < -0.3 is 5.32 Å². The second kappa shape index (κ2) is 6.60. The van der Waals surface area contributed by atoms with Crippen LogP contribution in [0.3, 0.4) is 0 Å². The number of carbonyl (C=O) groups excluding carboxylic acids is 1. The second-order valence-electron chi connectivity index (χ2n) is 8.10. The van der Waals surface area contributed by atoms with Gasteiger partial charge in [-0.15, -0.1) is 4.80 Å². The SMILES string of the molecule is Cc1cc2ncc3c(n2n1)C(C)(C)C[C@@H]3C(=O)Nc1cnc(-n2nccn2)c(Cl)c1. The number of aryl methyl sites for hydroxylation is 1. The Kier molecular flexibility index (Phi) is 4.11. The lowest BCUT2D eigenvalue weighted by Gasteiger charge is -2.19. The van der Waals surface area contributed by atoms with E-state index in [-0.39, 0.29) is 17.2 Å². The van der Waals surface area contributed by atoms with E-state index in [0.717, 1.165) is 22.6 Å². The minimum Gasteiger partial charge on any atom is -0.324 e. The lowest BCUT2D eigenvalue weighted by molar-refractivity contribution is -0.117. The van der Waals surface area contributed by atoms with Crippen molar-refractivity contribution in [2.24, 2.45) is 0 Å². The van der Waals surface area contributed by atoms with Crippen molar-refractivity contribution in [3.8, 4) is 5.82 Å². The molecule has 4 heterocycles. The third-order valence-electron chi connectivity index (χ3n) is 5.38. The lowest BCUT2D eigenvalue weighted by Crippen LogP contribution is -2.21. The van der Waals surface area contributed by atoms with Gasteiger partial charge in [0.2, 0.25) is 5.91 Å². The summed E-state index contributed by atoms with van der Waals surface area (Å²) in [6.07, 6.45) is 7.08. The van der Waals surface area contributed by atoms with Gasteiger partial charge in [0, 0.05) is 23.2 Å². The highest BCUT2D eigenvalue weighted by molar-refractivity contribution is 6.32. The summed E-state index contributed by atoms with van der Waals surface area (Å²) in [5.74, 6) is -0.0787. The first kappa shape index (κ1) is 18.7. The van der Waals surface area contributed by atoms with E-state index in [0.29, 0.717) is 22.9 Å². The van der Waals surface area contributed by atoms with Gasteiger partial charge in [-0.2, -0.15) is 15.3 Å². The quantitative estimate of drug-likeness (QED) is 0.544. The average molecular weight is 423 g/mol. The molecule has 1 amide bonds. The molecule has 152 valence electrons. The molecule has 0 fully saturated rings. The molecule has 0 spiro atoms. The van der Waals surface area contributed by atoms with Crippen LogP contribution in [0, 0.1) is 6.92 Å². The maximum atomic E-state index is 13.2. The molecule has 1 N–H and O–H groups in total. The molecule has 4 aromatic heterocycles. The molecule has 0 bridgehead atoms. The predicted octanol–water partition coefficient (Wildman–Crippen LogP) is 3.07. The summed E-state index contributed by atoms with van der Waals surface area (Å²) in [5.41, 5.74) is 3.90. The van der Waals surface area contributed by atoms with Gasteiger partial charge in [0.05, 0.1) is 46.6 Å². The van der Waals surface area contributed by atoms with Crippen molar-refractivity contribution in [3.05, 3.63) is 58.9 Å². The molecule has 9 nitrogen and oxygen atoms in total. The number of carbonyl (C=O) groups is 1. The molecule has 1 atom stereocenters. The van der Waals surface area contributed by atoms with Crippen LogP contribution in [0.15, 0.2) is 36.9 Å². The molecule has 30 heavy (non-hydrogen) atoms. The van der Waals surface area contributed by atoms with Crippen LogP contribution in [0.4, 0.5) is 5.69 Å². The van der Waals surface area contributed by atoms with E-state index in [1.54, 1.807) is 30.9 Å². The van der Waals surface area contributed by atoms with E-state index >= 15 is 0 Å². The molecule has 0 unspecified atom stereocenters. The third kappa shape index (κ3) is 2.93. The first-order chi connectivity index (χ1) is 14.3. The molecule has 1 aliphatic carbocycles. The molecule has 0 aromatic carbocycles. The van der Waals surface area contributed by atoms with E-state index in [2.05, 4.69) is 44.4 Å². The Bertz CT molecular complexity index is 1280. The summed E-state index contributed by atoms with van der Waals surface area (Å²) in [4.78, 5) is 23.3. The number of anilines is 1. The number of aromatic nitrogens is 7. The highest BCUT2D eigenvalue weighted by Crippen LogP contribution is 2.45. The molecule has 0 radical (unpaired) electrons. The van der Waals surface area contributed by atoms with Gasteiger partial charge in [0.25, 0.3) is 0 Å². The summed E-state index contributed by atoms with van der Waals surface area (Å²) in [7, 11) is 0. The fourth-order valence-corrected chi connectivity index (χ4v) is 4.39. The zero-order valence-corrected chi connectivity index (χ0v) is 17.4. The smallest absolute Gasteiger partial charge is 0.232 e. The average Bonchev–Trinajstić information content (AvgIpc) is 3.39. The van der Waals surface area contributed by atoms with Gasteiger partial charge in [0.1, 0.15) is 0 Å². The van der Waals surface area contributed by atoms with Gasteiger partial charge in [-0.25, -0.2) is 14.5 Å². The predicted molar refractivity (Wildman–Crippen MR) is 111 cm³/mol. The maximum absolute atomic E-state index is 13.2. The van der Waals surface area contributed by atoms with Crippen LogP contribution in [0.1, 0.15) is 43.1 Å². The molecule has 0 saturated heterocycles. The van der Waals surface area contributed by atoms with Crippen molar-refractivity contribution in [2.75, 3.05) is 5.32 Å². The zero-order chi connectivity index (χ0) is 21.0. The Morgan fingerprint density at radius 3 is 2.70 bits per heavy atom. The number of fused-ring (bicyclic) bond motifs is 3. The zero-order valence-electron chi connectivity index (χ0n) is 16.7. The maximum Gasteiger partial charge on any atom is 0.232 e. The molecule has 0 saturated carbocycles. The molecule has 0 aliphatic heterocycles. The second-order valence-corrected chi connectivity index (χ2v) is 8.50. The lowest BCUT2D eigenvalue weighted by atomic mass is 9.88. The highest BCUT2D eigenvalue weighted by Gasteiger charge is 2.43. The Morgan fingerprint density at radius 2 is 1.97 bits per heavy atom. The van der Waals surface area contributed by atoms with Gasteiger partial charge in [0.15, 0.2) is 11.5 Å². The number of rotatable bonds is 3. The number of pyridine rings is 1. The molecule has 5 rings (SSSR count). The topological polar surface area (TPSA) is 103 Å². The van der Waals surface area contributed by atoms with Crippen molar-refractivity contribution < 1.29 is 4.79 Å². The fraction of sp³-hybridized carbons (Fsp3) is 0.300. The molecular weight excluding hydrogens is 404 g/mol. The number of halogens is 1. The van der Waals surface area contributed by atoms with Crippen LogP contribution < -0.4 is 5.32 Å². The van der Waals surface area contributed by atoms with Crippen molar-refractivity contribution in [1.82, 2.24) is 34.6 Å². The number of nitrogens with zero attached hydrogens (tertiary/aromatic N) is 7. The summed E-state index contributed by atoms with van der Waals surface area (Å²) < 4.78 is 1.86. The minimum atomic E-state index is -0.345. The van der Waals surface area contributed by atoms with Crippen LogP contribution in [0.2, 0.25) is 5.02 Å². The van der Waals surface area contributed by atoms with Crippen LogP contribution in [0.5, 0.6) is 0 Å². The molecule has 4 aromatic rings. The first-order valence-electron chi connectivity index (χ1n) is 9.52. The van der Waals surface area contributed by atoms with Gasteiger partial charge in [-0.1, -0.05) is 25.4 Å². The van der Waals surface area contributed by atoms with Crippen LogP contribution >= 0.6 is 11.6 Å². The monoisotopic (exact) mass is 422 g/mol. The van der Waals surface area contributed by atoms with Crippen LogP contribution in [0.25, 0.3) is 11.5 Å². The Hall–Kier alpha value is -3.33. The molecule has 10 heteroatoms. The van der Waals surface area contributed by atoms with Gasteiger partial charge >= 0.3 is 0 Å². The van der Waals surface area contributed by atoms with E-state index in [9.17, 15) is 4.79 Å². The van der Waals surface area contributed by atoms with Crippen LogP contribution in [-0.2, 0) is 10.2 Å². The van der Waals surface area contributed by atoms with Crippen LogP contribution in [-0.4, -0.2) is 40.5 Å². The van der Waals surface area contributed by atoms with E-state index in [1.807, 2.05) is 17.5 Å². The van der Waals surface area contributed by atoms with Crippen molar-refractivity contribution in [2.45, 2.75) is 38.5 Å². The first-order valence-corrected chi connectivity index (χ1v) is 9.90. The van der Waals surface area contributed by atoms with Crippen molar-refractivity contribution in [3.63, 3.8) is 0 Å². The number of nitrogens with one attached hydrogen (secondary N) is 1. The number of hydrogen-bond donors (Lipinski definition) is 1. The Balaban J connectivity index is 1.46. The van der Waals surface area contributed by atoms with E-state index in [1.165, 1.54) is 4.80 Å². The summed E-state index contributed by atoms with van der Waals surface area (Å²) >= 11 is 6.32. The van der Waals surface area contributed by atoms with Gasteiger partial charge in [-0.3, -0.25) is 4.79 Å². The summed E-state index contributed by atoms with van der Waals surface area (Å²) in [5, 5.41) is 15.9. The van der Waals surface area contributed by atoms with Gasteiger partial charge in [-0.05, 0) is 19.4 Å². The standard InChI is InChI=1S/C20H19ClN8O/c1-11-6-16-22-10-14-13(8-20(2,3)17(14)28(16)27-11)19(30)26-12-7-15(21)18(23-9-12)29-24-4-5-25-29/h4-7,9-10,13H,8H2,1-3H3,(H,26,30)/t13-/m0/s1. The largest absolute Gasteiger partial charge is 0.324 e. The Labute approximate surface area is 177 Å². The van der Waals surface area contributed by atoms with Crippen molar-refractivity contribution >= 4 is 28.8 Å². The highest BCUT2D eigenvalue weighted by atomic mass is 35.5. The minimum absolute atomic E-state index is 0.130. The van der Waals surface area contributed by atoms with E-state index < -0.39 is 0 Å². The van der Waals surface area contributed by atoms with E-state index in [4.69, 9.17) is 11.6 Å². The third-order valence-corrected chi connectivity index (χ3v) is 5.66. The summed E-state index contributed by atoms with van der Waals surface area (Å²) in [6, 6.07) is 3.58. The number of hydrogen-bond acceptors (Lipinski definition) is 6. The Morgan fingerprint density at radius 1 is 1.20 bits per heavy atom. The normalized spacial score (nSPS) is 17.3.